The number of aryl methyl sites for hydroxylation is 2. The molecule has 1 saturated heterocycles. The molecule has 1 fully saturated rings. The smallest absolute Gasteiger partial charge is 0.310 e. The first-order valence-electron chi connectivity index (χ1n) is 6.29. The predicted octanol–water partition coefficient (Wildman–Crippen LogP) is 0.940. The Morgan fingerprint density at radius 2 is 2.16 bits per heavy atom. The fourth-order valence-corrected chi connectivity index (χ4v) is 2.27. The summed E-state index contributed by atoms with van der Waals surface area (Å²) in [6.45, 7) is 4.69. The van der Waals surface area contributed by atoms with Crippen molar-refractivity contribution in [3.8, 4) is 0 Å². The zero-order chi connectivity index (χ0) is 14.0. The van der Waals surface area contributed by atoms with Gasteiger partial charge in [-0.2, -0.15) is 0 Å². The first-order valence-corrected chi connectivity index (χ1v) is 6.29. The average molecular weight is 262 g/mol. The fourth-order valence-electron chi connectivity index (χ4n) is 2.27. The van der Waals surface area contributed by atoms with Gasteiger partial charge < -0.3 is 15.3 Å². The van der Waals surface area contributed by atoms with Crippen LogP contribution in [0.5, 0.6) is 0 Å². The van der Waals surface area contributed by atoms with Gasteiger partial charge in [0.25, 0.3) is 0 Å². The lowest BCUT2D eigenvalue weighted by molar-refractivity contribution is -0.141. The van der Waals surface area contributed by atoms with Gasteiger partial charge in [-0.05, 0) is 31.0 Å². The van der Waals surface area contributed by atoms with E-state index in [9.17, 15) is 9.59 Å². The molecular weight excluding hydrogens is 244 g/mol. The van der Waals surface area contributed by atoms with E-state index >= 15 is 0 Å². The van der Waals surface area contributed by atoms with Crippen molar-refractivity contribution in [2.45, 2.75) is 13.8 Å². The molecule has 1 aliphatic rings. The van der Waals surface area contributed by atoms with Crippen LogP contribution in [0.4, 0.5) is 5.69 Å². The second-order valence-electron chi connectivity index (χ2n) is 5.01. The molecule has 2 N–H and O–H groups in total. The zero-order valence-corrected chi connectivity index (χ0v) is 11.1. The van der Waals surface area contributed by atoms with Crippen molar-refractivity contribution < 1.29 is 14.7 Å². The molecule has 0 radical (unpaired) electrons. The number of nitrogens with one attached hydrogen (secondary N) is 1. The largest absolute Gasteiger partial charge is 0.481 e. The number of amides is 1. The van der Waals surface area contributed by atoms with E-state index in [1.807, 2.05) is 36.9 Å². The number of carbonyl (C=O) groups excluding carboxylic acids is 1. The number of anilines is 1. The SMILES string of the molecule is Cc1ccc(C)c(N2CC(=O)NCC(C(=O)O)C2)c1. The molecule has 5 heteroatoms. The minimum absolute atomic E-state index is 0.135. The van der Waals surface area contributed by atoms with E-state index in [1.165, 1.54) is 0 Å². The highest BCUT2D eigenvalue weighted by atomic mass is 16.4. The second-order valence-corrected chi connectivity index (χ2v) is 5.01. The van der Waals surface area contributed by atoms with Gasteiger partial charge in [0.15, 0.2) is 0 Å². The number of carboxylic acid groups (broad SMARTS) is 1. The van der Waals surface area contributed by atoms with Gasteiger partial charge in [0.05, 0.1) is 12.5 Å². The third-order valence-corrected chi connectivity index (χ3v) is 3.38. The van der Waals surface area contributed by atoms with Crippen molar-refractivity contribution >= 4 is 17.6 Å². The van der Waals surface area contributed by atoms with Gasteiger partial charge in [0.1, 0.15) is 0 Å². The fraction of sp³-hybridized carbons (Fsp3) is 0.429. The summed E-state index contributed by atoms with van der Waals surface area (Å²) in [7, 11) is 0. The maximum absolute atomic E-state index is 11.7. The van der Waals surface area contributed by atoms with Crippen molar-refractivity contribution in [3.05, 3.63) is 29.3 Å². The number of benzene rings is 1. The third kappa shape index (κ3) is 3.05. The summed E-state index contributed by atoms with van der Waals surface area (Å²) in [6, 6.07) is 5.99. The number of aliphatic carboxylic acids is 1. The highest BCUT2D eigenvalue weighted by Crippen LogP contribution is 2.23. The maximum atomic E-state index is 11.7. The Morgan fingerprint density at radius 3 is 2.84 bits per heavy atom. The highest BCUT2D eigenvalue weighted by molar-refractivity contribution is 5.84. The Kier molecular flexibility index (Phi) is 3.74. The summed E-state index contributed by atoms with van der Waals surface area (Å²) < 4.78 is 0. The molecule has 5 nitrogen and oxygen atoms in total. The van der Waals surface area contributed by atoms with Gasteiger partial charge >= 0.3 is 5.97 Å². The molecule has 1 aromatic rings. The molecule has 1 amide bonds. The summed E-state index contributed by atoms with van der Waals surface area (Å²) in [5, 5.41) is 11.8. The molecule has 0 bridgehead atoms. The third-order valence-electron chi connectivity index (χ3n) is 3.38. The number of rotatable bonds is 2. The molecule has 102 valence electrons. The molecule has 0 aliphatic carbocycles. The lowest BCUT2D eigenvalue weighted by atomic mass is 10.1. The van der Waals surface area contributed by atoms with E-state index in [0.29, 0.717) is 6.54 Å². The second kappa shape index (κ2) is 5.30. The predicted molar refractivity (Wildman–Crippen MR) is 72.3 cm³/mol. The van der Waals surface area contributed by atoms with Crippen LogP contribution in [0.15, 0.2) is 18.2 Å². The standard InChI is InChI=1S/C14H18N2O3/c1-9-3-4-10(2)12(5-9)16-7-11(14(18)19)6-15-13(17)8-16/h3-5,11H,6-8H2,1-2H3,(H,15,17)(H,18,19). The zero-order valence-electron chi connectivity index (χ0n) is 11.1. The summed E-state index contributed by atoms with van der Waals surface area (Å²) >= 11 is 0. The molecule has 2 rings (SSSR count). The normalized spacial score (nSPS) is 19.8. The first-order chi connectivity index (χ1) is 8.97. The van der Waals surface area contributed by atoms with Crippen molar-refractivity contribution in [1.29, 1.82) is 0 Å². The monoisotopic (exact) mass is 262 g/mol. The Morgan fingerprint density at radius 1 is 1.42 bits per heavy atom. The molecule has 19 heavy (non-hydrogen) atoms. The number of hydrogen-bond donors (Lipinski definition) is 2. The lowest BCUT2D eigenvalue weighted by Crippen LogP contribution is -2.34. The van der Waals surface area contributed by atoms with Crippen LogP contribution in [0.25, 0.3) is 0 Å². The van der Waals surface area contributed by atoms with Gasteiger partial charge in [0.2, 0.25) is 5.91 Å². The van der Waals surface area contributed by atoms with Gasteiger partial charge in [-0.15, -0.1) is 0 Å². The highest BCUT2D eigenvalue weighted by Gasteiger charge is 2.27. The minimum Gasteiger partial charge on any atom is -0.481 e. The van der Waals surface area contributed by atoms with E-state index in [2.05, 4.69) is 5.32 Å². The van der Waals surface area contributed by atoms with Crippen molar-refractivity contribution in [2.24, 2.45) is 5.92 Å². The summed E-state index contributed by atoms with van der Waals surface area (Å²) in [5.41, 5.74) is 3.07. The first kappa shape index (κ1) is 13.4. The van der Waals surface area contributed by atoms with Crippen LogP contribution < -0.4 is 10.2 Å². The van der Waals surface area contributed by atoms with Crippen LogP contribution in [-0.2, 0) is 9.59 Å². The molecule has 0 aromatic heterocycles. The van der Waals surface area contributed by atoms with Crippen LogP contribution in [0.3, 0.4) is 0 Å². The minimum atomic E-state index is -0.877. The van der Waals surface area contributed by atoms with Gasteiger partial charge in [-0.25, -0.2) is 0 Å². The Labute approximate surface area is 112 Å². The number of nitrogens with zero attached hydrogens (tertiary/aromatic N) is 1. The summed E-state index contributed by atoms with van der Waals surface area (Å²) in [6.07, 6.45) is 0. The molecule has 0 saturated carbocycles. The van der Waals surface area contributed by atoms with Gasteiger partial charge in [-0.1, -0.05) is 12.1 Å². The molecule has 1 unspecified atom stereocenters. The van der Waals surface area contributed by atoms with Crippen LogP contribution in [0, 0.1) is 19.8 Å². The quantitative estimate of drug-likeness (QED) is 0.832. The molecular formula is C14H18N2O3. The van der Waals surface area contributed by atoms with E-state index in [0.717, 1.165) is 16.8 Å². The van der Waals surface area contributed by atoms with Crippen molar-refractivity contribution in [2.75, 3.05) is 24.5 Å². The van der Waals surface area contributed by atoms with E-state index in [1.54, 1.807) is 0 Å². The van der Waals surface area contributed by atoms with Gasteiger partial charge in [-0.3, -0.25) is 9.59 Å². The van der Waals surface area contributed by atoms with Crippen LogP contribution in [-0.4, -0.2) is 36.6 Å². The maximum Gasteiger partial charge on any atom is 0.310 e. The number of hydrogen-bond acceptors (Lipinski definition) is 3. The summed E-state index contributed by atoms with van der Waals surface area (Å²) in [4.78, 5) is 24.7. The number of carboxylic acids is 1. The lowest BCUT2D eigenvalue weighted by Gasteiger charge is -2.25. The Balaban J connectivity index is 2.32. The topological polar surface area (TPSA) is 69.6 Å². The summed E-state index contributed by atoms with van der Waals surface area (Å²) in [5.74, 6) is -1.59. The van der Waals surface area contributed by atoms with Crippen molar-refractivity contribution in [1.82, 2.24) is 5.32 Å². The molecule has 1 aliphatic heterocycles. The number of carbonyl (C=O) groups is 2. The van der Waals surface area contributed by atoms with E-state index in [4.69, 9.17) is 5.11 Å². The van der Waals surface area contributed by atoms with Gasteiger partial charge in [0, 0.05) is 18.8 Å². The van der Waals surface area contributed by atoms with E-state index < -0.39 is 11.9 Å². The molecule has 1 aromatic carbocycles. The molecule has 0 spiro atoms. The van der Waals surface area contributed by atoms with Crippen LogP contribution in [0.1, 0.15) is 11.1 Å². The average Bonchev–Trinajstić information content (AvgIpc) is 2.54. The van der Waals surface area contributed by atoms with E-state index in [-0.39, 0.29) is 19.0 Å². The molecule has 1 atom stereocenters. The van der Waals surface area contributed by atoms with Crippen LogP contribution in [0.2, 0.25) is 0 Å². The van der Waals surface area contributed by atoms with Crippen molar-refractivity contribution in [3.63, 3.8) is 0 Å². The van der Waals surface area contributed by atoms with Crippen LogP contribution >= 0.6 is 0 Å². The Bertz CT molecular complexity index is 513. The Hall–Kier alpha value is -2.04. The molecule has 1 heterocycles.